The summed E-state index contributed by atoms with van der Waals surface area (Å²) in [5.74, 6) is 0.898. The van der Waals surface area contributed by atoms with Crippen molar-refractivity contribution in [3.8, 4) is 5.75 Å². The minimum atomic E-state index is 0.178. The highest BCUT2D eigenvalue weighted by Crippen LogP contribution is 2.29. The Labute approximate surface area is 89.7 Å². The molecule has 2 nitrogen and oxygen atoms in total. The van der Waals surface area contributed by atoms with E-state index < -0.39 is 0 Å². The second kappa shape index (κ2) is 3.81. The van der Waals surface area contributed by atoms with Crippen molar-refractivity contribution in [1.29, 1.82) is 0 Å². The summed E-state index contributed by atoms with van der Waals surface area (Å²) in [6.45, 7) is 4.04. The van der Waals surface area contributed by atoms with Gasteiger partial charge in [0, 0.05) is 16.5 Å². The number of ether oxygens (including phenoxy) is 1. The van der Waals surface area contributed by atoms with Crippen molar-refractivity contribution < 1.29 is 4.74 Å². The summed E-state index contributed by atoms with van der Waals surface area (Å²) in [6.07, 6.45) is 0.178. The quantitative estimate of drug-likeness (QED) is 0.757. The third kappa shape index (κ3) is 1.89. The van der Waals surface area contributed by atoms with Gasteiger partial charge < -0.3 is 10.5 Å². The van der Waals surface area contributed by atoms with Crippen LogP contribution in [-0.4, -0.2) is 6.10 Å². The lowest BCUT2D eigenvalue weighted by atomic mass is 10.1. The molecule has 0 heterocycles. The number of nitrogen functional groups attached to an aromatic ring is 1. The molecule has 0 bridgehead atoms. The molecule has 0 aliphatic carbocycles. The average Bonchev–Trinajstić information content (AvgIpc) is 2.19. The van der Waals surface area contributed by atoms with Gasteiger partial charge in [0.15, 0.2) is 0 Å². The van der Waals surface area contributed by atoms with Crippen LogP contribution in [0.3, 0.4) is 0 Å². The molecule has 0 aliphatic rings. The van der Waals surface area contributed by atoms with E-state index in [2.05, 4.69) is 0 Å². The molecule has 15 heavy (non-hydrogen) atoms. The van der Waals surface area contributed by atoms with Crippen molar-refractivity contribution in [3.63, 3.8) is 0 Å². The van der Waals surface area contributed by atoms with Crippen molar-refractivity contribution in [2.75, 3.05) is 5.73 Å². The first-order chi connectivity index (χ1) is 7.18. The molecule has 0 amide bonds. The molecule has 0 spiro atoms. The molecule has 0 fully saturated rings. The van der Waals surface area contributed by atoms with Gasteiger partial charge in [0.25, 0.3) is 0 Å². The Morgan fingerprint density at radius 2 is 1.67 bits per heavy atom. The van der Waals surface area contributed by atoms with Crippen molar-refractivity contribution >= 4 is 16.5 Å². The van der Waals surface area contributed by atoms with Crippen molar-refractivity contribution in [1.82, 2.24) is 0 Å². The van der Waals surface area contributed by atoms with E-state index in [1.807, 2.05) is 50.2 Å². The lowest BCUT2D eigenvalue weighted by Crippen LogP contribution is -2.05. The molecule has 0 atom stereocenters. The number of fused-ring (bicyclic) bond motifs is 1. The van der Waals surface area contributed by atoms with Gasteiger partial charge in [-0.3, -0.25) is 0 Å². The number of hydrogen-bond acceptors (Lipinski definition) is 2. The number of anilines is 1. The number of nitrogens with two attached hydrogens (primary N) is 1. The Morgan fingerprint density at radius 1 is 1.00 bits per heavy atom. The highest BCUT2D eigenvalue weighted by molar-refractivity contribution is 5.96. The summed E-state index contributed by atoms with van der Waals surface area (Å²) in [6, 6.07) is 11.8. The Morgan fingerprint density at radius 3 is 2.40 bits per heavy atom. The monoisotopic (exact) mass is 201 g/mol. The molecule has 0 aromatic heterocycles. The maximum atomic E-state index is 5.90. The maximum absolute atomic E-state index is 5.90. The van der Waals surface area contributed by atoms with Gasteiger partial charge in [-0.25, -0.2) is 0 Å². The first kappa shape index (κ1) is 9.84. The van der Waals surface area contributed by atoms with Gasteiger partial charge in [0.1, 0.15) is 5.75 Å². The van der Waals surface area contributed by atoms with E-state index in [9.17, 15) is 0 Å². The lowest BCUT2D eigenvalue weighted by molar-refractivity contribution is 0.245. The van der Waals surface area contributed by atoms with Crippen LogP contribution in [0.1, 0.15) is 13.8 Å². The molecule has 0 unspecified atom stereocenters. The first-order valence-corrected chi connectivity index (χ1v) is 5.12. The molecule has 0 aliphatic heterocycles. The van der Waals surface area contributed by atoms with Gasteiger partial charge in [-0.2, -0.15) is 0 Å². The fourth-order valence-electron chi connectivity index (χ4n) is 1.66. The Bertz CT molecular complexity index is 477. The van der Waals surface area contributed by atoms with E-state index >= 15 is 0 Å². The second-order valence-corrected chi connectivity index (χ2v) is 3.87. The van der Waals surface area contributed by atoms with Crippen LogP contribution in [0.2, 0.25) is 0 Å². The topological polar surface area (TPSA) is 35.2 Å². The van der Waals surface area contributed by atoms with Crippen molar-refractivity contribution in [2.45, 2.75) is 20.0 Å². The predicted octanol–water partition coefficient (Wildman–Crippen LogP) is 3.21. The minimum absolute atomic E-state index is 0.178. The summed E-state index contributed by atoms with van der Waals surface area (Å²) >= 11 is 0. The van der Waals surface area contributed by atoms with Crippen LogP contribution in [0.25, 0.3) is 10.8 Å². The Kier molecular flexibility index (Phi) is 2.50. The van der Waals surface area contributed by atoms with E-state index in [0.29, 0.717) is 0 Å². The Balaban J connectivity index is 2.61. The van der Waals surface area contributed by atoms with Crippen LogP contribution in [0, 0.1) is 0 Å². The predicted molar refractivity (Wildman–Crippen MR) is 64.1 cm³/mol. The highest BCUT2D eigenvalue weighted by Gasteiger charge is 2.04. The molecule has 0 saturated heterocycles. The standard InChI is InChI=1S/C13H15NO/c1-9(2)15-13-8-4-5-10-11(13)6-3-7-12(10)14/h3-9H,14H2,1-2H3. The molecule has 2 heteroatoms. The molecule has 2 N–H and O–H groups in total. The summed E-state index contributed by atoms with van der Waals surface area (Å²) in [7, 11) is 0. The number of hydrogen-bond donors (Lipinski definition) is 1. The van der Waals surface area contributed by atoms with Crippen LogP contribution in [-0.2, 0) is 0 Å². The van der Waals surface area contributed by atoms with Crippen molar-refractivity contribution in [2.24, 2.45) is 0 Å². The van der Waals surface area contributed by atoms with Gasteiger partial charge in [-0.15, -0.1) is 0 Å². The maximum Gasteiger partial charge on any atom is 0.127 e. The summed E-state index contributed by atoms with van der Waals surface area (Å²) in [5, 5.41) is 2.13. The lowest BCUT2D eigenvalue weighted by Gasteiger charge is -2.12. The molecule has 2 aromatic rings. The van der Waals surface area contributed by atoms with Crippen LogP contribution < -0.4 is 10.5 Å². The highest BCUT2D eigenvalue weighted by atomic mass is 16.5. The zero-order valence-corrected chi connectivity index (χ0v) is 9.03. The van der Waals surface area contributed by atoms with E-state index in [1.165, 1.54) is 0 Å². The summed E-state index contributed by atoms with van der Waals surface area (Å²) in [4.78, 5) is 0. The second-order valence-electron chi connectivity index (χ2n) is 3.87. The third-order valence-corrected chi connectivity index (χ3v) is 2.28. The first-order valence-electron chi connectivity index (χ1n) is 5.12. The van der Waals surface area contributed by atoms with Crippen molar-refractivity contribution in [3.05, 3.63) is 36.4 Å². The SMILES string of the molecule is CC(C)Oc1cccc2c(N)cccc12. The van der Waals surface area contributed by atoms with Gasteiger partial charge in [-0.1, -0.05) is 24.3 Å². The normalized spacial score (nSPS) is 10.9. The third-order valence-electron chi connectivity index (χ3n) is 2.28. The zero-order chi connectivity index (χ0) is 10.8. The average molecular weight is 201 g/mol. The Hall–Kier alpha value is -1.70. The largest absolute Gasteiger partial charge is 0.490 e. The van der Waals surface area contributed by atoms with Crippen LogP contribution in [0.5, 0.6) is 5.75 Å². The number of benzene rings is 2. The van der Waals surface area contributed by atoms with E-state index in [1.54, 1.807) is 0 Å². The van der Waals surface area contributed by atoms with Crippen LogP contribution in [0.4, 0.5) is 5.69 Å². The fourth-order valence-corrected chi connectivity index (χ4v) is 1.66. The van der Waals surface area contributed by atoms with Crippen LogP contribution >= 0.6 is 0 Å². The zero-order valence-electron chi connectivity index (χ0n) is 9.03. The molecule has 0 radical (unpaired) electrons. The molecular formula is C13H15NO. The van der Waals surface area contributed by atoms with Gasteiger partial charge in [0.2, 0.25) is 0 Å². The van der Waals surface area contributed by atoms with E-state index in [4.69, 9.17) is 10.5 Å². The van der Waals surface area contributed by atoms with Gasteiger partial charge in [0.05, 0.1) is 6.10 Å². The molecule has 78 valence electrons. The fraction of sp³-hybridized carbons (Fsp3) is 0.231. The smallest absolute Gasteiger partial charge is 0.127 e. The number of rotatable bonds is 2. The van der Waals surface area contributed by atoms with E-state index in [-0.39, 0.29) is 6.10 Å². The van der Waals surface area contributed by atoms with E-state index in [0.717, 1.165) is 22.2 Å². The van der Waals surface area contributed by atoms with Gasteiger partial charge in [-0.05, 0) is 26.0 Å². The van der Waals surface area contributed by atoms with Gasteiger partial charge >= 0.3 is 0 Å². The summed E-state index contributed by atoms with van der Waals surface area (Å²) in [5.41, 5.74) is 6.69. The molecule has 2 aromatic carbocycles. The minimum Gasteiger partial charge on any atom is -0.490 e. The molecular weight excluding hydrogens is 186 g/mol. The van der Waals surface area contributed by atoms with Crippen LogP contribution in [0.15, 0.2) is 36.4 Å². The molecule has 2 rings (SSSR count). The molecule has 0 saturated carbocycles. The summed E-state index contributed by atoms with van der Waals surface area (Å²) < 4.78 is 5.73.